The minimum atomic E-state index is -0.569. The molecule has 0 aromatic carbocycles. The van der Waals surface area contributed by atoms with Crippen LogP contribution in [0.25, 0.3) is 0 Å². The summed E-state index contributed by atoms with van der Waals surface area (Å²) in [6.45, 7) is 7.98. The lowest BCUT2D eigenvalue weighted by molar-refractivity contribution is -0.167. The fourth-order valence-electron chi connectivity index (χ4n) is 5.48. The fourth-order valence-corrected chi connectivity index (χ4v) is 5.48. The van der Waals surface area contributed by atoms with Crippen LogP contribution in [0, 0.1) is 28.6 Å². The van der Waals surface area contributed by atoms with E-state index >= 15 is 0 Å². The van der Waals surface area contributed by atoms with Gasteiger partial charge in [0.1, 0.15) is 5.78 Å². The van der Waals surface area contributed by atoms with E-state index in [0.717, 1.165) is 19.3 Å². The molecule has 5 nitrogen and oxygen atoms in total. The minimum absolute atomic E-state index is 0.0190. The number of esters is 2. The first-order valence-electron chi connectivity index (χ1n) is 10.0. The van der Waals surface area contributed by atoms with Crippen LogP contribution in [-0.4, -0.2) is 31.9 Å². The third-order valence-corrected chi connectivity index (χ3v) is 7.12. The van der Waals surface area contributed by atoms with Crippen molar-refractivity contribution in [2.24, 2.45) is 28.6 Å². The second-order valence-electron chi connectivity index (χ2n) is 8.92. The topological polar surface area (TPSA) is 69.7 Å². The van der Waals surface area contributed by atoms with Crippen LogP contribution in [0.1, 0.15) is 66.2 Å². The fraction of sp³-hybridized carbons (Fsp3) is 0.773. The van der Waals surface area contributed by atoms with Crippen molar-refractivity contribution >= 4 is 17.7 Å². The average molecular weight is 379 g/mol. The molecule has 1 fully saturated rings. The number of ketones is 1. The Kier molecular flexibility index (Phi) is 6.54. The van der Waals surface area contributed by atoms with E-state index in [1.165, 1.54) is 14.2 Å². The maximum atomic E-state index is 12.6. The monoisotopic (exact) mass is 378 g/mol. The van der Waals surface area contributed by atoms with Crippen LogP contribution in [0.5, 0.6) is 0 Å². The summed E-state index contributed by atoms with van der Waals surface area (Å²) < 4.78 is 10.2. The summed E-state index contributed by atoms with van der Waals surface area (Å²) in [5, 5.41) is 0. The van der Waals surface area contributed by atoms with Gasteiger partial charge in [0.2, 0.25) is 0 Å². The Morgan fingerprint density at radius 2 is 1.81 bits per heavy atom. The van der Waals surface area contributed by atoms with Crippen molar-refractivity contribution < 1.29 is 23.9 Å². The van der Waals surface area contributed by atoms with Gasteiger partial charge in [-0.1, -0.05) is 33.3 Å². The van der Waals surface area contributed by atoms with Gasteiger partial charge in [-0.25, -0.2) is 4.79 Å². The van der Waals surface area contributed by atoms with Crippen molar-refractivity contribution in [2.75, 3.05) is 14.2 Å². The predicted octanol–water partition coefficient (Wildman–Crippen LogP) is 4.10. The third-order valence-electron chi connectivity index (χ3n) is 7.12. The number of hydrogen-bond donors (Lipinski definition) is 0. The van der Waals surface area contributed by atoms with E-state index in [4.69, 9.17) is 9.47 Å². The summed E-state index contributed by atoms with van der Waals surface area (Å²) in [5.74, 6) is -0.312. The van der Waals surface area contributed by atoms with Gasteiger partial charge in [-0.05, 0) is 49.9 Å². The smallest absolute Gasteiger partial charge is 0.333 e. The molecule has 0 aliphatic heterocycles. The lowest BCUT2D eigenvalue weighted by Gasteiger charge is -2.56. The van der Waals surface area contributed by atoms with Crippen LogP contribution < -0.4 is 0 Å². The number of hydrogen-bond acceptors (Lipinski definition) is 5. The van der Waals surface area contributed by atoms with Gasteiger partial charge in [0.15, 0.2) is 0 Å². The molecule has 0 saturated heterocycles. The largest absolute Gasteiger partial charge is 0.469 e. The molecule has 0 spiro atoms. The SMILES string of the molecule is COC(=O)C1=CC[C@@H]2[C@](C)(CCC[C@@]2(C)C(=O)OC)[C@H]1CCC(=O)C(C)C. The van der Waals surface area contributed by atoms with Crippen molar-refractivity contribution in [3.8, 4) is 0 Å². The number of fused-ring (bicyclic) bond motifs is 1. The molecule has 2 aliphatic rings. The summed E-state index contributed by atoms with van der Waals surface area (Å²) in [6, 6.07) is 0. The van der Waals surface area contributed by atoms with Crippen LogP contribution in [0.3, 0.4) is 0 Å². The van der Waals surface area contributed by atoms with Gasteiger partial charge in [0.05, 0.1) is 19.6 Å². The molecule has 4 atom stereocenters. The van der Waals surface area contributed by atoms with E-state index in [0.29, 0.717) is 24.8 Å². The Bertz CT molecular complexity index is 635. The molecule has 27 heavy (non-hydrogen) atoms. The van der Waals surface area contributed by atoms with E-state index in [-0.39, 0.29) is 40.9 Å². The molecule has 0 amide bonds. The molecule has 0 heterocycles. The van der Waals surface area contributed by atoms with Crippen molar-refractivity contribution in [1.29, 1.82) is 0 Å². The van der Waals surface area contributed by atoms with Gasteiger partial charge >= 0.3 is 11.9 Å². The van der Waals surface area contributed by atoms with Crippen LogP contribution in [-0.2, 0) is 23.9 Å². The molecule has 0 aromatic rings. The highest BCUT2D eigenvalue weighted by Crippen LogP contribution is 2.61. The number of ether oxygens (including phenoxy) is 2. The van der Waals surface area contributed by atoms with Gasteiger partial charge in [0, 0.05) is 17.9 Å². The van der Waals surface area contributed by atoms with Crippen molar-refractivity contribution in [3.63, 3.8) is 0 Å². The Morgan fingerprint density at radius 3 is 2.37 bits per heavy atom. The molecule has 152 valence electrons. The van der Waals surface area contributed by atoms with Crippen molar-refractivity contribution in [3.05, 3.63) is 11.6 Å². The molecular weight excluding hydrogens is 344 g/mol. The first-order valence-corrected chi connectivity index (χ1v) is 10.0. The lowest BCUT2D eigenvalue weighted by Crippen LogP contribution is -2.53. The summed E-state index contributed by atoms with van der Waals surface area (Å²) in [7, 11) is 2.84. The highest BCUT2D eigenvalue weighted by atomic mass is 16.5. The van der Waals surface area contributed by atoms with Gasteiger partial charge in [-0.15, -0.1) is 0 Å². The standard InChI is InChI=1S/C22H34O5/c1-14(2)17(23)10-9-16-15(19(24)26-5)8-11-18-21(16,3)12-7-13-22(18,4)20(25)27-6/h8,14,16,18H,7,9-13H2,1-6H3/t16-,18+,21+,22+/m0/s1. The zero-order valence-corrected chi connectivity index (χ0v) is 17.6. The third kappa shape index (κ3) is 3.83. The molecule has 2 rings (SSSR count). The molecular formula is C22H34O5. The quantitative estimate of drug-likeness (QED) is 0.651. The lowest BCUT2D eigenvalue weighted by atomic mass is 9.47. The Morgan fingerprint density at radius 1 is 1.15 bits per heavy atom. The Labute approximate surface area is 162 Å². The second-order valence-corrected chi connectivity index (χ2v) is 8.92. The number of allylic oxidation sites excluding steroid dienone is 1. The molecule has 5 heteroatoms. The molecule has 0 aromatic heterocycles. The van der Waals surface area contributed by atoms with Crippen LogP contribution in [0.2, 0.25) is 0 Å². The van der Waals surface area contributed by atoms with Crippen LogP contribution in [0.15, 0.2) is 11.6 Å². The van der Waals surface area contributed by atoms with E-state index in [2.05, 4.69) is 6.92 Å². The maximum Gasteiger partial charge on any atom is 0.333 e. The molecule has 0 bridgehead atoms. The zero-order valence-electron chi connectivity index (χ0n) is 17.6. The predicted molar refractivity (Wildman–Crippen MR) is 103 cm³/mol. The number of carbonyl (C=O) groups is 3. The summed E-state index contributed by atoms with van der Waals surface area (Å²) in [4.78, 5) is 37.4. The number of Topliss-reactive ketones (excluding diaryl/α,β-unsaturated/α-hetero) is 1. The molecule has 2 aliphatic carbocycles. The highest BCUT2D eigenvalue weighted by Gasteiger charge is 2.58. The van der Waals surface area contributed by atoms with Crippen molar-refractivity contribution in [1.82, 2.24) is 0 Å². The zero-order chi connectivity index (χ0) is 20.4. The van der Waals surface area contributed by atoms with Gasteiger partial charge in [0.25, 0.3) is 0 Å². The van der Waals surface area contributed by atoms with E-state index in [1.807, 2.05) is 26.8 Å². The molecule has 0 unspecified atom stereocenters. The Balaban J connectivity index is 2.43. The van der Waals surface area contributed by atoms with E-state index in [9.17, 15) is 14.4 Å². The van der Waals surface area contributed by atoms with Crippen LogP contribution >= 0.6 is 0 Å². The number of rotatable bonds is 6. The van der Waals surface area contributed by atoms with E-state index in [1.54, 1.807) is 0 Å². The van der Waals surface area contributed by atoms with Gasteiger partial charge < -0.3 is 9.47 Å². The van der Waals surface area contributed by atoms with Gasteiger partial charge in [-0.2, -0.15) is 0 Å². The van der Waals surface area contributed by atoms with Gasteiger partial charge in [-0.3, -0.25) is 9.59 Å². The minimum Gasteiger partial charge on any atom is -0.469 e. The first kappa shape index (κ1) is 21.6. The second kappa shape index (κ2) is 8.15. The van der Waals surface area contributed by atoms with Crippen LogP contribution in [0.4, 0.5) is 0 Å². The highest BCUT2D eigenvalue weighted by molar-refractivity contribution is 5.90. The number of methoxy groups -OCH3 is 2. The molecule has 1 saturated carbocycles. The summed E-state index contributed by atoms with van der Waals surface area (Å²) in [5.41, 5.74) is -0.140. The summed E-state index contributed by atoms with van der Waals surface area (Å²) in [6.07, 6.45) is 6.27. The maximum absolute atomic E-state index is 12.6. The average Bonchev–Trinajstić information content (AvgIpc) is 2.64. The number of carbonyl (C=O) groups excluding carboxylic acids is 3. The molecule has 0 radical (unpaired) electrons. The Hall–Kier alpha value is -1.65. The summed E-state index contributed by atoms with van der Waals surface area (Å²) >= 11 is 0. The normalized spacial score (nSPS) is 33.1. The van der Waals surface area contributed by atoms with Crippen molar-refractivity contribution in [2.45, 2.75) is 66.2 Å². The first-order chi connectivity index (χ1) is 12.6. The molecule has 0 N–H and O–H groups in total. The van der Waals surface area contributed by atoms with E-state index < -0.39 is 5.41 Å².